The van der Waals surface area contributed by atoms with Gasteiger partial charge in [0.2, 0.25) is 5.88 Å². The van der Waals surface area contributed by atoms with Gasteiger partial charge in [-0.05, 0) is 24.3 Å². The molecular formula is C11H10N2O2. The van der Waals surface area contributed by atoms with E-state index >= 15 is 0 Å². The number of pyridine rings is 1. The third-order valence-electron chi connectivity index (χ3n) is 1.87. The molecule has 15 heavy (non-hydrogen) atoms. The molecule has 1 aromatic heterocycles. The van der Waals surface area contributed by atoms with Crippen LogP contribution < -0.4 is 10.5 Å². The molecule has 0 unspecified atom stereocenters. The van der Waals surface area contributed by atoms with Gasteiger partial charge in [0.1, 0.15) is 0 Å². The Kier molecular flexibility index (Phi) is 2.41. The van der Waals surface area contributed by atoms with Crippen molar-refractivity contribution in [3.8, 4) is 17.4 Å². The maximum Gasteiger partial charge on any atom is 0.242 e. The molecule has 0 radical (unpaired) electrons. The number of phenols is 1. The quantitative estimate of drug-likeness (QED) is 0.783. The van der Waals surface area contributed by atoms with E-state index in [9.17, 15) is 5.11 Å². The molecule has 0 aliphatic rings. The van der Waals surface area contributed by atoms with Gasteiger partial charge in [0, 0.05) is 6.20 Å². The number of ether oxygens (including phenoxy) is 1. The Balaban J connectivity index is 2.30. The molecule has 0 saturated heterocycles. The smallest absolute Gasteiger partial charge is 0.242 e. The summed E-state index contributed by atoms with van der Waals surface area (Å²) >= 11 is 0. The molecule has 0 bridgehead atoms. The molecule has 4 heteroatoms. The summed E-state index contributed by atoms with van der Waals surface area (Å²) in [6.07, 6.45) is 1.58. The number of nitrogens with two attached hydrogens (primary N) is 1. The van der Waals surface area contributed by atoms with Crippen molar-refractivity contribution < 1.29 is 9.84 Å². The standard InChI is InChI=1S/C11H10N2O2/c12-8-4-3-7-13-11(8)15-10-6-2-1-5-9(10)14/h1-7,14H,12H2. The molecule has 0 spiro atoms. The largest absolute Gasteiger partial charge is 0.504 e. The summed E-state index contributed by atoms with van der Waals surface area (Å²) in [5.74, 6) is 0.685. The van der Waals surface area contributed by atoms with Gasteiger partial charge in [0.25, 0.3) is 0 Å². The number of aromatic nitrogens is 1. The van der Waals surface area contributed by atoms with Gasteiger partial charge in [-0.25, -0.2) is 4.98 Å². The van der Waals surface area contributed by atoms with Crippen molar-refractivity contribution in [1.29, 1.82) is 0 Å². The van der Waals surface area contributed by atoms with E-state index in [2.05, 4.69) is 4.98 Å². The number of hydrogen-bond acceptors (Lipinski definition) is 4. The summed E-state index contributed by atoms with van der Waals surface area (Å²) < 4.78 is 5.35. The normalized spacial score (nSPS) is 9.87. The predicted molar refractivity (Wildman–Crippen MR) is 56.8 cm³/mol. The van der Waals surface area contributed by atoms with Gasteiger partial charge in [-0.2, -0.15) is 0 Å². The highest BCUT2D eigenvalue weighted by Crippen LogP contribution is 2.31. The van der Waals surface area contributed by atoms with Crippen LogP contribution in [0.15, 0.2) is 42.6 Å². The van der Waals surface area contributed by atoms with Gasteiger partial charge in [0.05, 0.1) is 5.69 Å². The number of aromatic hydroxyl groups is 1. The molecule has 2 rings (SSSR count). The van der Waals surface area contributed by atoms with E-state index < -0.39 is 0 Å². The molecule has 0 atom stereocenters. The van der Waals surface area contributed by atoms with Crippen molar-refractivity contribution in [3.05, 3.63) is 42.6 Å². The zero-order valence-corrected chi connectivity index (χ0v) is 7.92. The minimum Gasteiger partial charge on any atom is -0.504 e. The van der Waals surface area contributed by atoms with E-state index in [1.165, 1.54) is 6.07 Å². The third kappa shape index (κ3) is 1.99. The van der Waals surface area contributed by atoms with Crippen molar-refractivity contribution >= 4 is 5.69 Å². The second-order valence-electron chi connectivity index (χ2n) is 2.97. The van der Waals surface area contributed by atoms with E-state index in [0.717, 1.165) is 0 Å². The molecular weight excluding hydrogens is 192 g/mol. The van der Waals surface area contributed by atoms with E-state index in [0.29, 0.717) is 17.3 Å². The van der Waals surface area contributed by atoms with Gasteiger partial charge in [-0.1, -0.05) is 12.1 Å². The van der Waals surface area contributed by atoms with Crippen molar-refractivity contribution in [2.75, 3.05) is 5.73 Å². The van der Waals surface area contributed by atoms with E-state index in [4.69, 9.17) is 10.5 Å². The number of hydrogen-bond donors (Lipinski definition) is 2. The topological polar surface area (TPSA) is 68.4 Å². The van der Waals surface area contributed by atoms with Crippen LogP contribution in [0.5, 0.6) is 17.4 Å². The molecule has 0 saturated carbocycles. The number of phenolic OH excluding ortho intramolecular Hbond substituents is 1. The first-order valence-electron chi connectivity index (χ1n) is 4.44. The number of nitrogen functional groups attached to an aromatic ring is 1. The minimum absolute atomic E-state index is 0.0579. The predicted octanol–water partition coefficient (Wildman–Crippen LogP) is 2.16. The summed E-state index contributed by atoms with van der Waals surface area (Å²) in [6.45, 7) is 0. The first kappa shape index (κ1) is 9.33. The fourth-order valence-corrected chi connectivity index (χ4v) is 1.14. The van der Waals surface area contributed by atoms with Crippen molar-refractivity contribution in [3.63, 3.8) is 0 Å². The average molecular weight is 202 g/mol. The maximum atomic E-state index is 9.47. The molecule has 0 aliphatic heterocycles. The fourth-order valence-electron chi connectivity index (χ4n) is 1.14. The molecule has 2 aromatic rings. The third-order valence-corrected chi connectivity index (χ3v) is 1.87. The maximum absolute atomic E-state index is 9.47. The second kappa shape index (κ2) is 3.88. The Labute approximate surface area is 87.0 Å². The molecule has 3 N–H and O–H groups in total. The van der Waals surface area contributed by atoms with Crippen LogP contribution in [-0.2, 0) is 0 Å². The molecule has 1 aromatic carbocycles. The van der Waals surface area contributed by atoms with Gasteiger partial charge in [0.15, 0.2) is 11.5 Å². The van der Waals surface area contributed by atoms with Crippen LogP contribution in [0.4, 0.5) is 5.69 Å². The summed E-state index contributed by atoms with van der Waals surface area (Å²) in [5.41, 5.74) is 6.08. The first-order chi connectivity index (χ1) is 7.27. The lowest BCUT2D eigenvalue weighted by atomic mass is 10.3. The summed E-state index contributed by atoms with van der Waals surface area (Å²) in [4.78, 5) is 3.96. The zero-order chi connectivity index (χ0) is 10.7. The van der Waals surface area contributed by atoms with Gasteiger partial charge >= 0.3 is 0 Å². The van der Waals surface area contributed by atoms with Crippen LogP contribution >= 0.6 is 0 Å². The first-order valence-corrected chi connectivity index (χ1v) is 4.44. The van der Waals surface area contributed by atoms with E-state index in [-0.39, 0.29) is 5.75 Å². The van der Waals surface area contributed by atoms with Crippen LogP contribution in [-0.4, -0.2) is 10.1 Å². The molecule has 1 heterocycles. The van der Waals surface area contributed by atoms with Crippen LogP contribution in [0.3, 0.4) is 0 Å². The molecule has 0 fully saturated rings. The Morgan fingerprint density at radius 2 is 1.93 bits per heavy atom. The zero-order valence-electron chi connectivity index (χ0n) is 7.92. The van der Waals surface area contributed by atoms with Crippen molar-refractivity contribution in [2.24, 2.45) is 0 Å². The molecule has 0 amide bonds. The molecule has 4 nitrogen and oxygen atoms in total. The van der Waals surface area contributed by atoms with Crippen LogP contribution in [0.25, 0.3) is 0 Å². The Morgan fingerprint density at radius 3 is 2.67 bits per heavy atom. The number of nitrogens with zero attached hydrogens (tertiary/aromatic N) is 1. The number of para-hydroxylation sites is 2. The second-order valence-corrected chi connectivity index (χ2v) is 2.97. The van der Waals surface area contributed by atoms with Crippen molar-refractivity contribution in [2.45, 2.75) is 0 Å². The summed E-state index contributed by atoms with van der Waals surface area (Å²) in [6, 6.07) is 10.0. The highest BCUT2D eigenvalue weighted by molar-refractivity contribution is 5.50. The lowest BCUT2D eigenvalue weighted by Crippen LogP contribution is -1.94. The number of benzene rings is 1. The molecule has 0 aliphatic carbocycles. The minimum atomic E-state index is 0.0579. The van der Waals surface area contributed by atoms with E-state index in [1.807, 2.05) is 0 Å². The molecule has 76 valence electrons. The SMILES string of the molecule is Nc1cccnc1Oc1ccccc1O. The van der Waals surface area contributed by atoms with Crippen molar-refractivity contribution in [1.82, 2.24) is 4.98 Å². The summed E-state index contributed by atoms with van der Waals surface area (Å²) in [5, 5.41) is 9.47. The Morgan fingerprint density at radius 1 is 1.13 bits per heavy atom. The number of rotatable bonds is 2. The van der Waals surface area contributed by atoms with Gasteiger partial charge in [-0.3, -0.25) is 0 Å². The van der Waals surface area contributed by atoms with Crippen LogP contribution in [0.2, 0.25) is 0 Å². The van der Waals surface area contributed by atoms with Gasteiger partial charge < -0.3 is 15.6 Å². The number of anilines is 1. The highest BCUT2D eigenvalue weighted by Gasteiger charge is 2.05. The average Bonchev–Trinajstić information content (AvgIpc) is 2.24. The lowest BCUT2D eigenvalue weighted by Gasteiger charge is -2.07. The monoisotopic (exact) mass is 202 g/mol. The van der Waals surface area contributed by atoms with Gasteiger partial charge in [-0.15, -0.1) is 0 Å². The van der Waals surface area contributed by atoms with Crippen LogP contribution in [0.1, 0.15) is 0 Å². The Hall–Kier alpha value is -2.23. The highest BCUT2D eigenvalue weighted by atomic mass is 16.5. The fraction of sp³-hybridized carbons (Fsp3) is 0. The van der Waals surface area contributed by atoms with E-state index in [1.54, 1.807) is 36.5 Å². The van der Waals surface area contributed by atoms with Crippen LogP contribution in [0, 0.1) is 0 Å². The lowest BCUT2D eigenvalue weighted by molar-refractivity contribution is 0.404. The summed E-state index contributed by atoms with van der Waals surface area (Å²) in [7, 11) is 0. The Bertz CT molecular complexity index is 428.